The first-order valence-electron chi connectivity index (χ1n) is 5.45. The minimum Gasteiger partial charge on any atom is -0.310 e. The van der Waals surface area contributed by atoms with Crippen LogP contribution in [0.25, 0.3) is 11.3 Å². The number of aromatic nitrogens is 2. The molecule has 1 heterocycles. The lowest BCUT2D eigenvalue weighted by Gasteiger charge is -2.02. The average molecular weight is 283 g/mol. The van der Waals surface area contributed by atoms with E-state index in [2.05, 4.69) is 10.4 Å². The van der Waals surface area contributed by atoms with Crippen molar-refractivity contribution in [2.45, 2.75) is 13.8 Å². The summed E-state index contributed by atoms with van der Waals surface area (Å²) in [7, 11) is 0. The molecule has 0 spiro atoms. The van der Waals surface area contributed by atoms with Gasteiger partial charge in [-0.25, -0.2) is 4.39 Å². The van der Waals surface area contributed by atoms with Gasteiger partial charge in [0.25, 0.3) is 0 Å². The summed E-state index contributed by atoms with van der Waals surface area (Å²) in [4.78, 5) is 11.1. The number of benzene rings is 1. The van der Waals surface area contributed by atoms with E-state index in [0.717, 1.165) is 4.09 Å². The van der Waals surface area contributed by atoms with Gasteiger partial charge < -0.3 is 5.32 Å². The molecule has 0 aliphatic carbocycles. The highest BCUT2D eigenvalue weighted by Gasteiger charge is 2.17. The Bertz CT molecular complexity index is 610. The van der Waals surface area contributed by atoms with Gasteiger partial charge in [-0.15, -0.1) is 3.89 Å². The Labute approximate surface area is 113 Å². The van der Waals surface area contributed by atoms with Gasteiger partial charge in [0.15, 0.2) is 12.3 Å². The zero-order valence-electron chi connectivity index (χ0n) is 10.3. The summed E-state index contributed by atoms with van der Waals surface area (Å²) in [5, 5.41) is 6.57. The summed E-state index contributed by atoms with van der Waals surface area (Å²) in [6, 6.07) is 5.70. The Kier molecular flexibility index (Phi) is 3.84. The molecule has 0 saturated heterocycles. The summed E-state index contributed by atoms with van der Waals surface area (Å²) in [5.74, 6) is -0.397. The van der Waals surface area contributed by atoms with Crippen molar-refractivity contribution < 1.29 is 13.1 Å². The lowest BCUT2D eigenvalue weighted by atomic mass is 10.1. The number of halogens is 2. The van der Waals surface area contributed by atoms with Gasteiger partial charge in [0.05, 0.1) is 5.69 Å². The van der Waals surface area contributed by atoms with E-state index in [4.69, 9.17) is 0 Å². The number of carbonyl (C=O) groups is 1. The first kappa shape index (κ1) is 13.5. The van der Waals surface area contributed by atoms with Gasteiger partial charge in [-0.2, -0.15) is 9.19 Å². The van der Waals surface area contributed by atoms with E-state index in [1.165, 1.54) is 19.1 Å². The molecule has 0 bridgehead atoms. The molecular weight excluding hydrogens is 272 g/mol. The van der Waals surface area contributed by atoms with E-state index >= 15 is 0 Å². The fraction of sp³-hybridized carbons (Fsp3) is 0.167. The van der Waals surface area contributed by atoms with Crippen molar-refractivity contribution in [3.8, 4) is 11.3 Å². The molecule has 0 fully saturated rings. The van der Waals surface area contributed by atoms with E-state index in [0.29, 0.717) is 16.8 Å². The SMILES string of the molecule is CC(=O)Nc1c(C)c(-c2ccc(F)cc2)nn1SF. The quantitative estimate of drug-likeness (QED) is 0.939. The Morgan fingerprint density at radius 1 is 1.37 bits per heavy atom. The molecule has 0 unspecified atom stereocenters. The molecule has 4 nitrogen and oxygen atoms in total. The first-order chi connectivity index (χ1) is 9.02. The largest absolute Gasteiger partial charge is 0.310 e. The lowest BCUT2D eigenvalue weighted by Crippen LogP contribution is -2.09. The topological polar surface area (TPSA) is 46.9 Å². The highest BCUT2D eigenvalue weighted by molar-refractivity contribution is 7.92. The number of nitrogens with zero attached hydrogens (tertiary/aromatic N) is 2. The van der Waals surface area contributed by atoms with E-state index in [9.17, 15) is 13.1 Å². The second-order valence-corrected chi connectivity index (χ2v) is 4.44. The maximum atomic E-state index is 12.9. The number of nitrogens with one attached hydrogen (secondary N) is 1. The van der Waals surface area contributed by atoms with Crippen molar-refractivity contribution in [3.05, 3.63) is 35.6 Å². The van der Waals surface area contributed by atoms with E-state index in [1.54, 1.807) is 19.1 Å². The fourth-order valence-electron chi connectivity index (χ4n) is 1.71. The van der Waals surface area contributed by atoms with Crippen molar-refractivity contribution in [2.24, 2.45) is 0 Å². The lowest BCUT2D eigenvalue weighted by molar-refractivity contribution is -0.114. The van der Waals surface area contributed by atoms with E-state index in [-0.39, 0.29) is 29.9 Å². The van der Waals surface area contributed by atoms with Crippen molar-refractivity contribution in [3.63, 3.8) is 0 Å². The average Bonchev–Trinajstić information content (AvgIpc) is 2.67. The predicted octanol–water partition coefficient (Wildman–Crippen LogP) is 3.34. The van der Waals surface area contributed by atoms with Crippen LogP contribution in [0.15, 0.2) is 24.3 Å². The van der Waals surface area contributed by atoms with Crippen LogP contribution in [0.1, 0.15) is 12.5 Å². The smallest absolute Gasteiger partial charge is 0.222 e. The minimum atomic E-state index is -0.359. The molecule has 1 aromatic heterocycles. The number of hydrogen-bond donors (Lipinski definition) is 1. The standard InChI is InChI=1S/C12H11F2N3OS/c1-7-11(9-3-5-10(13)6-4-9)16-17(19-14)12(7)15-8(2)18/h3-6H,1-2H3,(H,15,18). The normalized spacial score (nSPS) is 10.5. The Morgan fingerprint density at radius 2 is 2.00 bits per heavy atom. The van der Waals surface area contributed by atoms with Crippen molar-refractivity contribution >= 4 is 24.1 Å². The number of carbonyl (C=O) groups excluding carboxylic acids is 1. The predicted molar refractivity (Wildman–Crippen MR) is 70.8 cm³/mol. The Hall–Kier alpha value is -1.89. The summed E-state index contributed by atoms with van der Waals surface area (Å²) < 4.78 is 26.7. The number of anilines is 1. The third kappa shape index (κ3) is 2.76. The molecule has 1 N–H and O–H groups in total. The highest BCUT2D eigenvalue weighted by atomic mass is 32.2. The molecule has 100 valence electrons. The van der Waals surface area contributed by atoms with E-state index < -0.39 is 0 Å². The number of rotatable bonds is 3. The van der Waals surface area contributed by atoms with Crippen LogP contribution in [-0.2, 0) is 4.79 Å². The van der Waals surface area contributed by atoms with Gasteiger partial charge in [-0.3, -0.25) is 4.79 Å². The fourth-order valence-corrected chi connectivity index (χ4v) is 2.08. The molecule has 2 aromatic rings. The molecule has 1 aromatic carbocycles. The van der Waals surface area contributed by atoms with E-state index in [1.807, 2.05) is 0 Å². The molecule has 1 amide bonds. The molecule has 0 radical (unpaired) electrons. The van der Waals surface area contributed by atoms with Gasteiger partial charge >= 0.3 is 0 Å². The van der Waals surface area contributed by atoms with Crippen LogP contribution in [0.3, 0.4) is 0 Å². The Balaban J connectivity index is 2.49. The van der Waals surface area contributed by atoms with Crippen molar-refractivity contribution in [1.29, 1.82) is 0 Å². The first-order valence-corrected chi connectivity index (χ1v) is 6.12. The molecular formula is C12H11F2N3OS. The minimum absolute atomic E-state index is 0.113. The maximum Gasteiger partial charge on any atom is 0.222 e. The zero-order chi connectivity index (χ0) is 14.0. The molecule has 2 rings (SSSR count). The van der Waals surface area contributed by atoms with Crippen LogP contribution in [0.4, 0.5) is 14.1 Å². The summed E-state index contributed by atoms with van der Waals surface area (Å²) >= 11 is -0.113. The van der Waals surface area contributed by atoms with Crippen LogP contribution in [0.5, 0.6) is 0 Å². The van der Waals surface area contributed by atoms with Crippen LogP contribution in [0.2, 0.25) is 0 Å². The highest BCUT2D eigenvalue weighted by Crippen LogP contribution is 2.31. The van der Waals surface area contributed by atoms with Gasteiger partial charge in [0, 0.05) is 18.1 Å². The molecule has 0 saturated carbocycles. The molecule has 7 heteroatoms. The van der Waals surface area contributed by atoms with Crippen LogP contribution in [0, 0.1) is 12.7 Å². The van der Waals surface area contributed by atoms with Gasteiger partial charge in [-0.1, -0.05) is 0 Å². The van der Waals surface area contributed by atoms with Gasteiger partial charge in [0.2, 0.25) is 5.91 Å². The van der Waals surface area contributed by atoms with Crippen LogP contribution >= 0.6 is 12.3 Å². The third-order valence-corrected chi connectivity index (χ3v) is 2.96. The van der Waals surface area contributed by atoms with Crippen molar-refractivity contribution in [1.82, 2.24) is 9.19 Å². The summed E-state index contributed by atoms with van der Waals surface area (Å²) in [6.07, 6.45) is 0. The summed E-state index contributed by atoms with van der Waals surface area (Å²) in [5.41, 5.74) is 1.76. The Morgan fingerprint density at radius 3 is 2.53 bits per heavy atom. The number of hydrogen-bond acceptors (Lipinski definition) is 3. The second kappa shape index (κ2) is 5.40. The molecule has 0 atom stereocenters. The van der Waals surface area contributed by atoms with Gasteiger partial charge in [0.1, 0.15) is 11.6 Å². The van der Waals surface area contributed by atoms with Crippen molar-refractivity contribution in [2.75, 3.05) is 5.32 Å². The second-order valence-electron chi connectivity index (χ2n) is 3.95. The van der Waals surface area contributed by atoms with Crippen LogP contribution in [-0.4, -0.2) is 15.1 Å². The summed E-state index contributed by atoms with van der Waals surface area (Å²) in [6.45, 7) is 3.04. The third-order valence-electron chi connectivity index (χ3n) is 2.57. The monoisotopic (exact) mass is 283 g/mol. The van der Waals surface area contributed by atoms with Gasteiger partial charge in [-0.05, 0) is 31.2 Å². The molecule has 0 aliphatic rings. The maximum absolute atomic E-state index is 12.9. The number of amides is 1. The zero-order valence-corrected chi connectivity index (χ0v) is 11.1. The molecule has 0 aliphatic heterocycles. The van der Waals surface area contributed by atoms with Crippen LogP contribution < -0.4 is 5.32 Å². The molecule has 19 heavy (non-hydrogen) atoms.